The molecule has 1 atom stereocenters. The minimum absolute atomic E-state index is 0.0543. The molecule has 188 valence electrons. The Kier molecular flexibility index (Phi) is 6.55. The Hall–Kier alpha value is -4.72. The summed E-state index contributed by atoms with van der Waals surface area (Å²) in [4.78, 5) is 32.6. The summed E-state index contributed by atoms with van der Waals surface area (Å²) < 4.78 is 0. The quantitative estimate of drug-likeness (QED) is 0.186. The average Bonchev–Trinajstić information content (AvgIpc) is 3.46. The molecule has 37 heavy (non-hydrogen) atoms. The molecule has 0 aliphatic carbocycles. The molecule has 8 nitrogen and oxygen atoms in total. The summed E-state index contributed by atoms with van der Waals surface area (Å²) in [6.07, 6.45) is 4.53. The second-order valence-electron chi connectivity index (χ2n) is 9.28. The van der Waals surface area contributed by atoms with Crippen LogP contribution in [0.5, 0.6) is 11.5 Å². The third kappa shape index (κ3) is 5.43. The van der Waals surface area contributed by atoms with E-state index in [1.807, 2.05) is 37.4 Å². The van der Waals surface area contributed by atoms with Crippen molar-refractivity contribution in [3.63, 3.8) is 0 Å². The van der Waals surface area contributed by atoms with Gasteiger partial charge in [-0.3, -0.25) is 9.59 Å². The SMILES string of the molecule is Cc1ccc(NC(=O)C(CCc2c[nH]c3ccc(O)cc23)NC(=O)Cc2c[nH]c3ccc(O)cc23)cc1. The zero-order valence-electron chi connectivity index (χ0n) is 20.3. The lowest BCUT2D eigenvalue weighted by atomic mass is 10.0. The van der Waals surface area contributed by atoms with Gasteiger partial charge in [-0.05, 0) is 79.4 Å². The summed E-state index contributed by atoms with van der Waals surface area (Å²) in [6, 6.07) is 16.7. The number of phenolic OH excluding ortho intramolecular Hbond substituents is 2. The number of aromatic hydroxyl groups is 2. The van der Waals surface area contributed by atoms with Crippen LogP contribution in [-0.2, 0) is 22.4 Å². The predicted octanol–water partition coefficient (Wildman–Crippen LogP) is 4.67. The van der Waals surface area contributed by atoms with Crippen LogP contribution in [0.3, 0.4) is 0 Å². The number of nitrogens with one attached hydrogen (secondary N) is 4. The molecule has 0 aliphatic rings. The lowest BCUT2D eigenvalue weighted by Crippen LogP contribution is -2.44. The molecule has 8 heteroatoms. The fourth-order valence-corrected chi connectivity index (χ4v) is 4.54. The summed E-state index contributed by atoms with van der Waals surface area (Å²) in [6.45, 7) is 1.97. The van der Waals surface area contributed by atoms with E-state index in [9.17, 15) is 19.8 Å². The number of rotatable bonds is 8. The van der Waals surface area contributed by atoms with Gasteiger partial charge in [0.1, 0.15) is 17.5 Å². The Bertz CT molecular complexity index is 1580. The van der Waals surface area contributed by atoms with Gasteiger partial charge in [0.15, 0.2) is 0 Å². The van der Waals surface area contributed by atoms with Gasteiger partial charge in [0.25, 0.3) is 0 Å². The first kappa shape index (κ1) is 24.0. The van der Waals surface area contributed by atoms with Crippen LogP contribution in [0.15, 0.2) is 73.1 Å². The molecule has 5 rings (SSSR count). The van der Waals surface area contributed by atoms with Gasteiger partial charge >= 0.3 is 0 Å². The summed E-state index contributed by atoms with van der Waals surface area (Å²) in [5.74, 6) is -0.324. The number of aryl methyl sites for hydroxylation is 2. The molecule has 6 N–H and O–H groups in total. The van der Waals surface area contributed by atoms with Crippen molar-refractivity contribution >= 4 is 39.3 Å². The molecule has 0 fully saturated rings. The van der Waals surface area contributed by atoms with Crippen molar-refractivity contribution in [3.05, 3.63) is 89.7 Å². The Morgan fingerprint density at radius 2 is 1.43 bits per heavy atom. The molecule has 0 aliphatic heterocycles. The standard InChI is InChI=1S/C29H28N4O4/c1-17-2-5-20(6-3-17)32-29(37)27(9-4-18-15-30-25-10-7-21(34)13-23(18)25)33-28(36)12-19-16-31-26-11-8-22(35)14-24(19)26/h2-3,5-8,10-11,13-16,27,30-31,34-35H,4,9,12H2,1H3,(H,32,37)(H,33,36). The van der Waals surface area contributed by atoms with E-state index in [1.54, 1.807) is 42.6 Å². The summed E-state index contributed by atoms with van der Waals surface area (Å²) >= 11 is 0. The van der Waals surface area contributed by atoms with Crippen LogP contribution in [0.4, 0.5) is 5.69 Å². The Morgan fingerprint density at radius 3 is 2.08 bits per heavy atom. The lowest BCUT2D eigenvalue weighted by molar-refractivity contribution is -0.126. The second kappa shape index (κ2) is 10.1. The van der Waals surface area contributed by atoms with E-state index in [1.165, 1.54) is 0 Å². The number of anilines is 1. The highest BCUT2D eigenvalue weighted by Crippen LogP contribution is 2.25. The van der Waals surface area contributed by atoms with Gasteiger partial charge in [-0.2, -0.15) is 0 Å². The fraction of sp³-hybridized carbons (Fsp3) is 0.172. The molecule has 0 saturated carbocycles. The number of carbonyl (C=O) groups excluding carboxylic acids is 2. The van der Waals surface area contributed by atoms with E-state index in [-0.39, 0.29) is 29.7 Å². The zero-order chi connectivity index (χ0) is 25.9. The van der Waals surface area contributed by atoms with Gasteiger partial charge in [-0.25, -0.2) is 0 Å². The third-order valence-electron chi connectivity index (χ3n) is 6.53. The summed E-state index contributed by atoms with van der Waals surface area (Å²) in [5, 5.41) is 27.2. The van der Waals surface area contributed by atoms with Crippen LogP contribution in [0.1, 0.15) is 23.1 Å². The monoisotopic (exact) mass is 496 g/mol. The Balaban J connectivity index is 1.34. The van der Waals surface area contributed by atoms with E-state index in [4.69, 9.17) is 0 Å². The number of H-pyrrole nitrogens is 2. The van der Waals surface area contributed by atoms with Gasteiger partial charge in [0.2, 0.25) is 11.8 Å². The van der Waals surface area contributed by atoms with Crippen molar-refractivity contribution in [3.8, 4) is 11.5 Å². The van der Waals surface area contributed by atoms with E-state index in [0.717, 1.165) is 38.5 Å². The van der Waals surface area contributed by atoms with Gasteiger partial charge in [-0.15, -0.1) is 0 Å². The van der Waals surface area contributed by atoms with Crippen molar-refractivity contribution in [2.75, 3.05) is 5.32 Å². The maximum atomic E-state index is 13.3. The van der Waals surface area contributed by atoms with Crippen LogP contribution >= 0.6 is 0 Å². The van der Waals surface area contributed by atoms with Crippen LogP contribution in [-0.4, -0.2) is 38.0 Å². The first-order valence-electron chi connectivity index (χ1n) is 12.1. The number of hydrogen-bond acceptors (Lipinski definition) is 4. The molecule has 3 aromatic carbocycles. The van der Waals surface area contributed by atoms with Crippen LogP contribution < -0.4 is 10.6 Å². The highest BCUT2D eigenvalue weighted by molar-refractivity contribution is 5.98. The van der Waals surface area contributed by atoms with E-state index in [2.05, 4.69) is 20.6 Å². The number of phenols is 2. The highest BCUT2D eigenvalue weighted by Gasteiger charge is 2.22. The number of aromatic nitrogens is 2. The molecule has 0 radical (unpaired) electrons. The third-order valence-corrected chi connectivity index (χ3v) is 6.53. The Morgan fingerprint density at radius 1 is 0.838 bits per heavy atom. The highest BCUT2D eigenvalue weighted by atomic mass is 16.3. The number of benzene rings is 3. The molecule has 5 aromatic rings. The van der Waals surface area contributed by atoms with Crippen LogP contribution in [0, 0.1) is 6.92 Å². The van der Waals surface area contributed by atoms with E-state index in [0.29, 0.717) is 18.5 Å². The van der Waals surface area contributed by atoms with Crippen molar-refractivity contribution in [2.24, 2.45) is 0 Å². The van der Waals surface area contributed by atoms with Crippen molar-refractivity contribution < 1.29 is 19.8 Å². The first-order chi connectivity index (χ1) is 17.9. The molecule has 1 unspecified atom stereocenters. The number of aromatic amines is 2. The molecular weight excluding hydrogens is 468 g/mol. The van der Waals surface area contributed by atoms with Crippen molar-refractivity contribution in [2.45, 2.75) is 32.2 Å². The van der Waals surface area contributed by atoms with Crippen LogP contribution in [0.25, 0.3) is 21.8 Å². The Labute approximate surface area is 213 Å². The number of fused-ring (bicyclic) bond motifs is 2. The number of carbonyl (C=O) groups is 2. The molecule has 0 saturated heterocycles. The smallest absolute Gasteiger partial charge is 0.246 e. The lowest BCUT2D eigenvalue weighted by Gasteiger charge is -2.19. The van der Waals surface area contributed by atoms with Gasteiger partial charge < -0.3 is 30.8 Å². The van der Waals surface area contributed by atoms with E-state index >= 15 is 0 Å². The molecule has 2 heterocycles. The fourth-order valence-electron chi connectivity index (χ4n) is 4.54. The molecule has 2 aromatic heterocycles. The van der Waals surface area contributed by atoms with Gasteiger partial charge in [0, 0.05) is 39.9 Å². The molecule has 0 bridgehead atoms. The van der Waals surface area contributed by atoms with Gasteiger partial charge in [-0.1, -0.05) is 17.7 Å². The number of hydrogen-bond donors (Lipinski definition) is 6. The second-order valence-corrected chi connectivity index (χ2v) is 9.28. The first-order valence-corrected chi connectivity index (χ1v) is 12.1. The zero-order valence-corrected chi connectivity index (χ0v) is 20.3. The van der Waals surface area contributed by atoms with Gasteiger partial charge in [0.05, 0.1) is 6.42 Å². The van der Waals surface area contributed by atoms with Crippen molar-refractivity contribution in [1.82, 2.24) is 15.3 Å². The summed E-state index contributed by atoms with van der Waals surface area (Å²) in [5.41, 5.74) is 5.11. The molecule has 0 spiro atoms. The average molecular weight is 497 g/mol. The van der Waals surface area contributed by atoms with Crippen molar-refractivity contribution in [1.29, 1.82) is 0 Å². The van der Waals surface area contributed by atoms with E-state index < -0.39 is 6.04 Å². The summed E-state index contributed by atoms with van der Waals surface area (Å²) in [7, 11) is 0. The number of amides is 2. The normalized spacial score (nSPS) is 12.0. The molecule has 2 amide bonds. The van der Waals surface area contributed by atoms with Crippen LogP contribution in [0.2, 0.25) is 0 Å². The topological polar surface area (TPSA) is 130 Å². The predicted molar refractivity (Wildman–Crippen MR) is 144 cm³/mol. The largest absolute Gasteiger partial charge is 0.508 e. The molecular formula is C29H28N4O4. The maximum absolute atomic E-state index is 13.3. The minimum Gasteiger partial charge on any atom is -0.508 e. The maximum Gasteiger partial charge on any atom is 0.246 e. The minimum atomic E-state index is -0.783.